The lowest BCUT2D eigenvalue weighted by atomic mass is 9.65. The summed E-state index contributed by atoms with van der Waals surface area (Å²) in [5.74, 6) is 0.432. The van der Waals surface area contributed by atoms with Gasteiger partial charge in [0.2, 0.25) is 17.8 Å². The topological polar surface area (TPSA) is 93.7 Å². The van der Waals surface area contributed by atoms with E-state index >= 15 is 4.39 Å². The van der Waals surface area contributed by atoms with E-state index in [1.165, 1.54) is 6.07 Å². The van der Waals surface area contributed by atoms with Crippen LogP contribution in [0.3, 0.4) is 0 Å². The number of hydrogen-bond donors (Lipinski definition) is 2. The molecule has 6 rings (SSSR count). The molecule has 202 valence electrons. The Labute approximate surface area is 222 Å². The van der Waals surface area contributed by atoms with Gasteiger partial charge >= 0.3 is 0 Å². The summed E-state index contributed by atoms with van der Waals surface area (Å²) in [4.78, 5) is 42.5. The second-order valence-corrected chi connectivity index (χ2v) is 11.6. The van der Waals surface area contributed by atoms with Gasteiger partial charge in [0.1, 0.15) is 17.1 Å². The summed E-state index contributed by atoms with van der Waals surface area (Å²) in [6.45, 7) is 8.14. The second-order valence-electron chi connectivity index (χ2n) is 11.6. The van der Waals surface area contributed by atoms with Crippen LogP contribution in [0.5, 0.6) is 0 Å². The lowest BCUT2D eigenvalue weighted by Crippen LogP contribution is -2.66. The highest BCUT2D eigenvalue weighted by Crippen LogP contribution is 2.51. The molecule has 1 unspecified atom stereocenters. The van der Waals surface area contributed by atoms with Gasteiger partial charge in [0, 0.05) is 56.6 Å². The van der Waals surface area contributed by atoms with Crippen LogP contribution in [-0.2, 0) is 16.0 Å². The van der Waals surface area contributed by atoms with Gasteiger partial charge < -0.3 is 20.4 Å². The molecule has 1 atom stereocenters. The van der Waals surface area contributed by atoms with Crippen LogP contribution in [0.2, 0.25) is 0 Å². The summed E-state index contributed by atoms with van der Waals surface area (Å²) < 4.78 is 15.1. The highest BCUT2D eigenvalue weighted by Gasteiger charge is 2.60. The first-order valence-corrected chi connectivity index (χ1v) is 13.7. The molecule has 2 saturated heterocycles. The normalized spacial score (nSPS) is 25.0. The highest BCUT2D eigenvalue weighted by atomic mass is 19.1. The number of carbonyl (C=O) groups is 2. The molecule has 10 heteroatoms. The van der Waals surface area contributed by atoms with Crippen LogP contribution in [0.25, 0.3) is 0 Å². The van der Waals surface area contributed by atoms with Crippen molar-refractivity contribution in [3.63, 3.8) is 0 Å². The molecule has 2 N–H and O–H groups in total. The average Bonchev–Trinajstić information content (AvgIpc) is 3.22. The number of aromatic nitrogens is 2. The van der Waals surface area contributed by atoms with Crippen molar-refractivity contribution in [2.75, 3.05) is 54.9 Å². The van der Waals surface area contributed by atoms with Crippen LogP contribution in [0.4, 0.5) is 27.5 Å². The minimum Gasteiger partial charge on any atom is -0.367 e. The van der Waals surface area contributed by atoms with Gasteiger partial charge in [-0.25, -0.2) is 9.37 Å². The van der Waals surface area contributed by atoms with Crippen molar-refractivity contribution in [3.05, 3.63) is 35.8 Å². The maximum absolute atomic E-state index is 15.1. The largest absolute Gasteiger partial charge is 0.367 e. The number of carbonyl (C=O) groups excluding carboxylic acids is 2. The zero-order valence-corrected chi connectivity index (χ0v) is 22.4. The third-order valence-electron chi connectivity index (χ3n) is 9.22. The van der Waals surface area contributed by atoms with E-state index in [1.807, 2.05) is 11.0 Å². The molecular weight excluding hydrogens is 485 g/mol. The van der Waals surface area contributed by atoms with E-state index in [1.54, 1.807) is 12.3 Å². The Balaban J connectivity index is 1.32. The smallest absolute Gasteiger partial charge is 0.244 e. The Bertz CT molecular complexity index is 1270. The van der Waals surface area contributed by atoms with Crippen LogP contribution in [0.15, 0.2) is 24.4 Å². The maximum Gasteiger partial charge on any atom is 0.244 e. The molecule has 2 aromatic rings. The molecule has 1 aliphatic carbocycles. The number of rotatable bonds is 5. The zero-order valence-electron chi connectivity index (χ0n) is 22.4. The van der Waals surface area contributed by atoms with Crippen molar-refractivity contribution < 1.29 is 14.0 Å². The number of fused-ring (bicyclic) bond motifs is 1. The van der Waals surface area contributed by atoms with E-state index in [0.717, 1.165) is 51.0 Å². The quantitative estimate of drug-likeness (QED) is 0.584. The van der Waals surface area contributed by atoms with Crippen LogP contribution in [0, 0.1) is 17.2 Å². The van der Waals surface area contributed by atoms with Crippen LogP contribution in [-0.4, -0.2) is 72.0 Å². The molecule has 1 saturated carbocycles. The summed E-state index contributed by atoms with van der Waals surface area (Å²) >= 11 is 0. The Morgan fingerprint density at radius 3 is 2.47 bits per heavy atom. The van der Waals surface area contributed by atoms with Gasteiger partial charge in [-0.1, -0.05) is 13.8 Å². The minimum atomic E-state index is -1.09. The lowest BCUT2D eigenvalue weighted by Gasteiger charge is -2.56. The van der Waals surface area contributed by atoms with E-state index in [0.29, 0.717) is 42.5 Å². The van der Waals surface area contributed by atoms with Crippen molar-refractivity contribution in [3.8, 4) is 0 Å². The summed E-state index contributed by atoms with van der Waals surface area (Å²) in [6, 6.07) is 5.10. The molecule has 38 heavy (non-hydrogen) atoms. The number of piperazine rings is 1. The molecule has 0 radical (unpaired) electrons. The third-order valence-corrected chi connectivity index (χ3v) is 9.22. The van der Waals surface area contributed by atoms with Crippen molar-refractivity contribution in [2.45, 2.75) is 51.5 Å². The van der Waals surface area contributed by atoms with Crippen molar-refractivity contribution in [2.24, 2.45) is 11.3 Å². The van der Waals surface area contributed by atoms with Gasteiger partial charge in [-0.2, -0.15) is 4.98 Å². The number of benzene rings is 1. The number of nitrogens with zero attached hydrogens (tertiary/aromatic N) is 5. The van der Waals surface area contributed by atoms with E-state index in [-0.39, 0.29) is 29.1 Å². The van der Waals surface area contributed by atoms with E-state index in [9.17, 15) is 9.59 Å². The van der Waals surface area contributed by atoms with E-state index < -0.39 is 5.41 Å². The average molecular weight is 522 g/mol. The van der Waals surface area contributed by atoms with Gasteiger partial charge in [-0.3, -0.25) is 14.5 Å². The first-order chi connectivity index (χ1) is 18.2. The summed E-state index contributed by atoms with van der Waals surface area (Å²) in [6.07, 6.45) is 5.28. The fourth-order valence-electron chi connectivity index (χ4n) is 6.56. The second kappa shape index (κ2) is 9.18. The molecule has 4 aliphatic rings. The number of halogens is 1. The number of anilines is 4. The Kier molecular flexibility index (Phi) is 6.05. The van der Waals surface area contributed by atoms with Crippen molar-refractivity contribution in [1.29, 1.82) is 0 Å². The number of nitrogens with one attached hydrogen (secondary N) is 2. The fourth-order valence-corrected chi connectivity index (χ4v) is 6.56. The number of hydrogen-bond acceptors (Lipinski definition) is 7. The van der Waals surface area contributed by atoms with Crippen LogP contribution in [0.1, 0.15) is 45.1 Å². The fraction of sp³-hybridized carbons (Fsp3) is 0.571. The summed E-state index contributed by atoms with van der Waals surface area (Å²) in [5.41, 5.74) is 0.476. The highest BCUT2D eigenvalue weighted by molar-refractivity contribution is 6.15. The summed E-state index contributed by atoms with van der Waals surface area (Å²) in [5, 5.41) is 6.03. The van der Waals surface area contributed by atoms with Gasteiger partial charge in [0.25, 0.3) is 0 Å². The molecule has 9 nitrogen and oxygen atoms in total. The molecule has 2 amide bonds. The molecular formula is C28H36FN7O2. The number of likely N-dealkylation sites (N-methyl/N-ethyl adjacent to an activating group) is 1. The van der Waals surface area contributed by atoms with Crippen molar-refractivity contribution >= 4 is 35.0 Å². The molecule has 3 fully saturated rings. The first kappa shape index (κ1) is 25.0. The first-order valence-electron chi connectivity index (χ1n) is 13.7. The Morgan fingerprint density at radius 2 is 1.87 bits per heavy atom. The van der Waals surface area contributed by atoms with Gasteiger partial charge in [-0.15, -0.1) is 0 Å². The molecule has 1 aromatic carbocycles. The monoisotopic (exact) mass is 521 g/mol. The van der Waals surface area contributed by atoms with E-state index in [2.05, 4.69) is 46.3 Å². The predicted molar refractivity (Wildman–Crippen MR) is 144 cm³/mol. The Hall–Kier alpha value is -3.27. The lowest BCUT2D eigenvalue weighted by molar-refractivity contribution is -0.141. The van der Waals surface area contributed by atoms with Gasteiger partial charge in [0.05, 0.1) is 11.2 Å². The zero-order chi connectivity index (χ0) is 26.7. The van der Waals surface area contributed by atoms with Crippen LogP contribution >= 0.6 is 0 Å². The van der Waals surface area contributed by atoms with Gasteiger partial charge in [-0.05, 0) is 56.8 Å². The van der Waals surface area contributed by atoms with E-state index in [4.69, 9.17) is 4.98 Å². The van der Waals surface area contributed by atoms with Crippen LogP contribution < -0.4 is 20.4 Å². The minimum absolute atomic E-state index is 0.152. The third kappa shape index (κ3) is 3.83. The molecule has 1 aromatic heterocycles. The molecule has 3 aliphatic heterocycles. The SMILES string of the molecule is CC(C)C1(N2C(=O)C3(CCNC3=O)Cc3cnc(Nc4ccc(N5CCN(C)CC5)c(F)c4)nc32)CCC1. The van der Waals surface area contributed by atoms with Gasteiger partial charge in [0.15, 0.2) is 0 Å². The maximum atomic E-state index is 15.1. The number of amides is 2. The molecule has 0 bridgehead atoms. The Morgan fingerprint density at radius 1 is 1.11 bits per heavy atom. The molecule has 1 spiro atoms. The predicted octanol–water partition coefficient (Wildman–Crippen LogP) is 3.09. The van der Waals surface area contributed by atoms with Crippen molar-refractivity contribution in [1.82, 2.24) is 20.2 Å². The standard InChI is InChI=1S/C28H36FN7O2/c1-18(2)28(7-4-8-28)36-23-19(16-27(25(36)38)9-10-30-24(27)37)17-31-26(33-23)32-20-5-6-22(21(29)15-20)35-13-11-34(3)12-14-35/h5-6,15,17-18H,4,7-14,16H2,1-3H3,(H,30,37)(H,31,32,33). The molecule has 4 heterocycles. The summed E-state index contributed by atoms with van der Waals surface area (Å²) in [7, 11) is 2.07.